The van der Waals surface area contributed by atoms with Crippen LogP contribution in [0.25, 0.3) is 5.57 Å². The molecule has 0 atom stereocenters. The molecule has 96 valence electrons. The van der Waals surface area contributed by atoms with Crippen LogP contribution in [0.5, 0.6) is 0 Å². The second-order valence-corrected chi connectivity index (χ2v) is 4.61. The Hall–Kier alpha value is -1.58. The highest BCUT2D eigenvalue weighted by Crippen LogP contribution is 2.64. The van der Waals surface area contributed by atoms with Crippen LogP contribution in [-0.4, -0.2) is 12.0 Å². The predicted molar refractivity (Wildman–Crippen MR) is 62.8 cm³/mol. The summed E-state index contributed by atoms with van der Waals surface area (Å²) in [7, 11) is 0. The molecule has 1 saturated carbocycles. The Morgan fingerprint density at radius 2 is 1.78 bits per heavy atom. The zero-order chi connectivity index (χ0) is 13.4. The Labute approximate surface area is 103 Å². The quantitative estimate of drug-likeness (QED) is 0.745. The lowest BCUT2D eigenvalue weighted by atomic mass is 9.88. The minimum atomic E-state index is -4.30. The highest BCUT2D eigenvalue weighted by atomic mass is 19.4. The number of carbonyl (C=O) groups is 1. The molecular weight excluding hydrogens is 241 g/mol. The summed E-state index contributed by atoms with van der Waals surface area (Å²) >= 11 is 0. The van der Waals surface area contributed by atoms with E-state index < -0.39 is 11.6 Å². The standard InChI is InChI=1S/C14H13F3O/c1-10(18)9-12(11-5-3-2-4-6-11)13(7-8-13)14(15,16)17/h2-6,9H,7-8H2,1H3/b12-9+. The minimum Gasteiger partial charge on any atom is -0.295 e. The first kappa shape index (κ1) is 12.9. The molecule has 1 aliphatic carbocycles. The van der Waals surface area contributed by atoms with Crippen molar-refractivity contribution >= 4 is 11.4 Å². The van der Waals surface area contributed by atoms with E-state index in [1.165, 1.54) is 6.92 Å². The SMILES string of the molecule is CC(=O)/C=C(\c1ccccc1)C1(C(F)(F)F)CC1. The van der Waals surface area contributed by atoms with Crippen molar-refractivity contribution < 1.29 is 18.0 Å². The fourth-order valence-electron chi connectivity index (χ4n) is 2.15. The molecule has 0 radical (unpaired) electrons. The Bertz CT molecular complexity index is 482. The molecule has 0 saturated heterocycles. The number of alkyl halides is 3. The number of benzene rings is 1. The molecule has 0 heterocycles. The van der Waals surface area contributed by atoms with E-state index in [0.717, 1.165) is 6.08 Å². The number of hydrogen-bond donors (Lipinski definition) is 0. The summed E-state index contributed by atoms with van der Waals surface area (Å²) in [6.45, 7) is 1.27. The van der Waals surface area contributed by atoms with Crippen LogP contribution in [0.4, 0.5) is 13.2 Å². The lowest BCUT2D eigenvalue weighted by molar-refractivity contribution is -0.168. The van der Waals surface area contributed by atoms with Gasteiger partial charge >= 0.3 is 6.18 Å². The number of hydrogen-bond acceptors (Lipinski definition) is 1. The van der Waals surface area contributed by atoms with Crippen LogP contribution in [0, 0.1) is 5.41 Å². The fourth-order valence-corrected chi connectivity index (χ4v) is 2.15. The second-order valence-electron chi connectivity index (χ2n) is 4.61. The minimum absolute atomic E-state index is 0.0600. The van der Waals surface area contributed by atoms with Gasteiger partial charge in [-0.25, -0.2) is 0 Å². The molecule has 18 heavy (non-hydrogen) atoms. The van der Waals surface area contributed by atoms with Gasteiger partial charge in [0.2, 0.25) is 0 Å². The van der Waals surface area contributed by atoms with E-state index in [-0.39, 0.29) is 24.2 Å². The van der Waals surface area contributed by atoms with E-state index >= 15 is 0 Å². The molecule has 0 aromatic heterocycles. The number of halogens is 3. The van der Waals surface area contributed by atoms with Crippen molar-refractivity contribution in [2.75, 3.05) is 0 Å². The number of carbonyl (C=O) groups excluding carboxylic acids is 1. The van der Waals surface area contributed by atoms with Crippen molar-refractivity contribution in [1.82, 2.24) is 0 Å². The van der Waals surface area contributed by atoms with Crippen molar-refractivity contribution in [1.29, 1.82) is 0 Å². The molecule has 0 N–H and O–H groups in total. The third kappa shape index (κ3) is 2.19. The van der Waals surface area contributed by atoms with E-state index in [2.05, 4.69) is 0 Å². The average molecular weight is 254 g/mol. The van der Waals surface area contributed by atoms with E-state index in [0.29, 0.717) is 5.56 Å². The number of rotatable bonds is 3. The maximum Gasteiger partial charge on any atom is 0.398 e. The van der Waals surface area contributed by atoms with E-state index in [9.17, 15) is 18.0 Å². The van der Waals surface area contributed by atoms with Crippen LogP contribution in [0.15, 0.2) is 36.4 Å². The largest absolute Gasteiger partial charge is 0.398 e. The van der Waals surface area contributed by atoms with Gasteiger partial charge in [0.15, 0.2) is 5.78 Å². The lowest BCUT2D eigenvalue weighted by Crippen LogP contribution is -2.26. The van der Waals surface area contributed by atoms with Crippen LogP contribution < -0.4 is 0 Å². The average Bonchev–Trinajstić information content (AvgIpc) is 3.07. The highest BCUT2D eigenvalue weighted by Gasteiger charge is 2.65. The van der Waals surface area contributed by atoms with Crippen molar-refractivity contribution in [3.05, 3.63) is 42.0 Å². The van der Waals surface area contributed by atoms with Gasteiger partial charge in [0.25, 0.3) is 0 Å². The number of allylic oxidation sites excluding steroid dienone is 2. The Morgan fingerprint density at radius 1 is 1.22 bits per heavy atom. The fraction of sp³-hybridized carbons (Fsp3) is 0.357. The molecule has 4 heteroatoms. The summed E-state index contributed by atoms with van der Waals surface area (Å²) in [5, 5.41) is 0. The molecule has 0 unspecified atom stereocenters. The van der Waals surface area contributed by atoms with Gasteiger partial charge in [-0.2, -0.15) is 13.2 Å². The molecule has 0 aliphatic heterocycles. The van der Waals surface area contributed by atoms with E-state index in [4.69, 9.17) is 0 Å². The van der Waals surface area contributed by atoms with Crippen molar-refractivity contribution in [3.63, 3.8) is 0 Å². The maximum atomic E-state index is 13.1. The zero-order valence-corrected chi connectivity index (χ0v) is 9.92. The molecule has 1 nitrogen and oxygen atoms in total. The molecule has 2 rings (SSSR count). The smallest absolute Gasteiger partial charge is 0.295 e. The molecule has 0 spiro atoms. The highest BCUT2D eigenvalue weighted by molar-refractivity contribution is 5.96. The van der Waals surface area contributed by atoms with Gasteiger partial charge in [-0.15, -0.1) is 0 Å². The summed E-state index contributed by atoms with van der Waals surface area (Å²) in [5.74, 6) is -0.357. The van der Waals surface area contributed by atoms with Crippen LogP contribution in [0.1, 0.15) is 25.3 Å². The first-order chi connectivity index (χ1) is 8.37. The second kappa shape index (κ2) is 4.26. The van der Waals surface area contributed by atoms with Crippen LogP contribution >= 0.6 is 0 Å². The normalized spacial score (nSPS) is 18.6. The zero-order valence-electron chi connectivity index (χ0n) is 9.92. The summed E-state index contributed by atoms with van der Waals surface area (Å²) < 4.78 is 39.4. The van der Waals surface area contributed by atoms with Crippen molar-refractivity contribution in [2.45, 2.75) is 25.9 Å². The van der Waals surface area contributed by atoms with Gasteiger partial charge in [0.05, 0.1) is 5.41 Å². The molecule has 1 aromatic carbocycles. The monoisotopic (exact) mass is 254 g/mol. The van der Waals surface area contributed by atoms with Crippen molar-refractivity contribution in [3.8, 4) is 0 Å². The van der Waals surface area contributed by atoms with Gasteiger partial charge in [-0.05, 0) is 37.0 Å². The summed E-state index contributed by atoms with van der Waals surface area (Å²) in [5.41, 5.74) is -1.24. The number of ketones is 1. The van der Waals surface area contributed by atoms with Crippen LogP contribution in [-0.2, 0) is 4.79 Å². The Kier molecular flexibility index (Phi) is 3.05. The van der Waals surface area contributed by atoms with Gasteiger partial charge in [-0.3, -0.25) is 4.79 Å². The predicted octanol–water partition coefficient (Wildman–Crippen LogP) is 4.00. The Morgan fingerprint density at radius 3 is 2.17 bits per heavy atom. The van der Waals surface area contributed by atoms with Gasteiger partial charge in [0.1, 0.15) is 0 Å². The molecule has 0 amide bonds. The van der Waals surface area contributed by atoms with Gasteiger partial charge in [-0.1, -0.05) is 30.3 Å². The first-order valence-electron chi connectivity index (χ1n) is 5.72. The van der Waals surface area contributed by atoms with E-state index in [1.54, 1.807) is 30.3 Å². The van der Waals surface area contributed by atoms with Gasteiger partial charge < -0.3 is 0 Å². The summed E-state index contributed by atoms with van der Waals surface area (Å²) in [6.07, 6.45) is -3.06. The first-order valence-corrected chi connectivity index (χ1v) is 5.72. The lowest BCUT2D eigenvalue weighted by Gasteiger charge is -2.22. The van der Waals surface area contributed by atoms with Crippen LogP contribution in [0.3, 0.4) is 0 Å². The summed E-state index contributed by atoms with van der Waals surface area (Å²) in [4.78, 5) is 11.2. The molecule has 1 fully saturated rings. The topological polar surface area (TPSA) is 17.1 Å². The van der Waals surface area contributed by atoms with E-state index in [1.807, 2.05) is 0 Å². The molecule has 1 aromatic rings. The third-order valence-corrected chi connectivity index (χ3v) is 3.24. The maximum absolute atomic E-state index is 13.1. The Balaban J connectivity index is 2.50. The molecule has 0 bridgehead atoms. The van der Waals surface area contributed by atoms with Gasteiger partial charge in [0, 0.05) is 0 Å². The summed E-state index contributed by atoms with van der Waals surface area (Å²) in [6, 6.07) is 8.31. The molecular formula is C14H13F3O. The van der Waals surface area contributed by atoms with Crippen LogP contribution in [0.2, 0.25) is 0 Å². The van der Waals surface area contributed by atoms with Crippen molar-refractivity contribution in [2.24, 2.45) is 5.41 Å². The third-order valence-electron chi connectivity index (χ3n) is 3.24. The molecule has 1 aliphatic rings.